The van der Waals surface area contributed by atoms with Gasteiger partial charge in [0.2, 0.25) is 17.7 Å². The summed E-state index contributed by atoms with van der Waals surface area (Å²) in [6.07, 6.45) is 7.13. The van der Waals surface area contributed by atoms with Crippen molar-refractivity contribution in [3.8, 4) is 0 Å². The lowest BCUT2D eigenvalue weighted by Crippen LogP contribution is -2.47. The fraction of sp³-hybridized carbons (Fsp3) is 0.850. The first-order chi connectivity index (χ1) is 12.3. The molecule has 1 unspecified atom stereocenters. The average molecular weight is 363 g/mol. The first kappa shape index (κ1) is 19.3. The molecule has 0 spiro atoms. The van der Waals surface area contributed by atoms with Crippen molar-refractivity contribution < 1.29 is 9.21 Å². The van der Waals surface area contributed by atoms with Gasteiger partial charge < -0.3 is 9.32 Å². The van der Waals surface area contributed by atoms with Crippen LogP contribution >= 0.6 is 0 Å². The summed E-state index contributed by atoms with van der Waals surface area (Å²) in [5.41, 5.74) is -0.103. The predicted octanol–water partition coefficient (Wildman–Crippen LogP) is 3.37. The maximum absolute atomic E-state index is 12.1. The van der Waals surface area contributed by atoms with E-state index in [2.05, 4.69) is 40.8 Å². The zero-order chi connectivity index (χ0) is 18.7. The highest BCUT2D eigenvalue weighted by molar-refractivity contribution is 5.73. The zero-order valence-electron chi connectivity index (χ0n) is 16.8. The van der Waals surface area contributed by atoms with Gasteiger partial charge in [-0.3, -0.25) is 9.69 Å². The van der Waals surface area contributed by atoms with E-state index in [1.807, 2.05) is 0 Å². The highest BCUT2D eigenvalue weighted by atomic mass is 16.4. The van der Waals surface area contributed by atoms with Crippen LogP contribution in [0.5, 0.6) is 0 Å². The summed E-state index contributed by atoms with van der Waals surface area (Å²) in [6.45, 7) is 11.8. The first-order valence-corrected chi connectivity index (χ1v) is 10.2. The third-order valence-electron chi connectivity index (χ3n) is 5.85. The van der Waals surface area contributed by atoms with Crippen LogP contribution in [-0.4, -0.2) is 51.6 Å². The summed E-state index contributed by atoms with van der Waals surface area (Å²) in [5.74, 6) is 2.30. The molecule has 2 aliphatic rings. The Hall–Kier alpha value is -1.43. The van der Waals surface area contributed by atoms with Crippen LogP contribution in [0.2, 0.25) is 0 Å². The van der Waals surface area contributed by atoms with E-state index in [9.17, 15) is 4.79 Å². The van der Waals surface area contributed by atoms with Crippen molar-refractivity contribution in [2.24, 2.45) is 5.92 Å². The minimum Gasteiger partial charge on any atom is -0.423 e. The van der Waals surface area contributed by atoms with Crippen LogP contribution in [0.3, 0.4) is 0 Å². The molecule has 0 aliphatic carbocycles. The zero-order valence-corrected chi connectivity index (χ0v) is 16.8. The number of carbonyl (C=O) groups is 1. The standard InChI is InChI=1S/C20H34N4O2/c1-15(25)24-11-7-5-6-8-17(24)16-9-12-23(13-10-16)14-18-21-22-19(26-18)20(2,3)4/h16-17H,5-14H2,1-4H3. The van der Waals surface area contributed by atoms with Crippen molar-refractivity contribution in [3.63, 3.8) is 0 Å². The molecule has 1 aromatic heterocycles. The number of amides is 1. The first-order valence-electron chi connectivity index (χ1n) is 10.2. The molecule has 26 heavy (non-hydrogen) atoms. The van der Waals surface area contributed by atoms with Gasteiger partial charge in [-0.05, 0) is 44.7 Å². The lowest BCUT2D eigenvalue weighted by Gasteiger charge is -2.40. The Kier molecular flexibility index (Phi) is 6.00. The van der Waals surface area contributed by atoms with Crippen LogP contribution in [0, 0.1) is 5.92 Å². The van der Waals surface area contributed by atoms with Crippen molar-refractivity contribution in [1.29, 1.82) is 0 Å². The molecular weight excluding hydrogens is 328 g/mol. The summed E-state index contributed by atoms with van der Waals surface area (Å²) in [6, 6.07) is 0.438. The number of hydrogen-bond donors (Lipinski definition) is 0. The average Bonchev–Trinajstić information content (AvgIpc) is 2.91. The van der Waals surface area contributed by atoms with Crippen molar-refractivity contribution in [1.82, 2.24) is 20.0 Å². The second-order valence-electron chi connectivity index (χ2n) is 8.99. The van der Waals surface area contributed by atoms with Crippen LogP contribution in [0.1, 0.15) is 78.0 Å². The van der Waals surface area contributed by atoms with Gasteiger partial charge in [0.05, 0.1) is 6.54 Å². The molecule has 3 heterocycles. The van der Waals surface area contributed by atoms with E-state index in [0.717, 1.165) is 45.4 Å². The summed E-state index contributed by atoms with van der Waals surface area (Å²) in [4.78, 5) is 16.6. The largest absolute Gasteiger partial charge is 0.423 e. The van der Waals surface area contributed by atoms with Gasteiger partial charge in [-0.15, -0.1) is 10.2 Å². The smallest absolute Gasteiger partial charge is 0.230 e. The number of rotatable bonds is 3. The second kappa shape index (κ2) is 8.07. The third-order valence-corrected chi connectivity index (χ3v) is 5.85. The molecule has 2 saturated heterocycles. The van der Waals surface area contributed by atoms with Gasteiger partial charge in [0.25, 0.3) is 0 Å². The van der Waals surface area contributed by atoms with Crippen LogP contribution in [0.25, 0.3) is 0 Å². The molecule has 1 atom stereocenters. The fourth-order valence-electron chi connectivity index (χ4n) is 4.32. The topological polar surface area (TPSA) is 62.5 Å². The predicted molar refractivity (Wildman–Crippen MR) is 101 cm³/mol. The van der Waals surface area contributed by atoms with E-state index in [4.69, 9.17) is 4.42 Å². The number of likely N-dealkylation sites (tertiary alicyclic amines) is 2. The number of aromatic nitrogens is 2. The minimum atomic E-state index is -0.103. The molecule has 3 rings (SSSR count). The van der Waals surface area contributed by atoms with Gasteiger partial charge in [0, 0.05) is 24.9 Å². The molecule has 6 nitrogen and oxygen atoms in total. The van der Waals surface area contributed by atoms with E-state index in [1.54, 1.807) is 6.92 Å². The van der Waals surface area contributed by atoms with Crippen LogP contribution in [-0.2, 0) is 16.8 Å². The van der Waals surface area contributed by atoms with Crippen LogP contribution in [0.15, 0.2) is 4.42 Å². The van der Waals surface area contributed by atoms with E-state index in [-0.39, 0.29) is 11.3 Å². The maximum Gasteiger partial charge on any atom is 0.230 e. The fourth-order valence-corrected chi connectivity index (χ4v) is 4.32. The number of carbonyl (C=O) groups excluding carboxylic acids is 1. The highest BCUT2D eigenvalue weighted by Gasteiger charge is 2.33. The highest BCUT2D eigenvalue weighted by Crippen LogP contribution is 2.30. The van der Waals surface area contributed by atoms with Crippen molar-refractivity contribution in [2.45, 2.75) is 84.2 Å². The summed E-state index contributed by atoms with van der Waals surface area (Å²) >= 11 is 0. The second-order valence-corrected chi connectivity index (χ2v) is 8.99. The normalized spacial score (nSPS) is 23.8. The van der Waals surface area contributed by atoms with Gasteiger partial charge in [-0.2, -0.15) is 0 Å². The Morgan fingerprint density at radius 3 is 2.42 bits per heavy atom. The maximum atomic E-state index is 12.1. The Labute approximate surface area is 157 Å². The van der Waals surface area contributed by atoms with E-state index >= 15 is 0 Å². The SMILES string of the molecule is CC(=O)N1CCCCCC1C1CCN(Cc2nnc(C(C)(C)C)o2)CC1. The lowest BCUT2D eigenvalue weighted by atomic mass is 9.86. The molecule has 0 bridgehead atoms. The lowest BCUT2D eigenvalue weighted by molar-refractivity contribution is -0.132. The molecular formula is C20H34N4O2. The summed E-state index contributed by atoms with van der Waals surface area (Å²) < 4.78 is 5.84. The third kappa shape index (κ3) is 4.64. The van der Waals surface area contributed by atoms with Crippen molar-refractivity contribution in [3.05, 3.63) is 11.8 Å². The van der Waals surface area contributed by atoms with E-state index < -0.39 is 0 Å². The quantitative estimate of drug-likeness (QED) is 0.825. The summed E-state index contributed by atoms with van der Waals surface area (Å²) in [5, 5.41) is 8.42. The molecule has 146 valence electrons. The molecule has 1 amide bonds. The number of nitrogens with zero attached hydrogens (tertiary/aromatic N) is 4. The molecule has 0 saturated carbocycles. The number of hydrogen-bond acceptors (Lipinski definition) is 5. The Balaban J connectivity index is 1.55. The monoisotopic (exact) mass is 362 g/mol. The molecule has 1 aromatic rings. The molecule has 2 fully saturated rings. The van der Waals surface area contributed by atoms with Crippen LogP contribution in [0.4, 0.5) is 0 Å². The summed E-state index contributed by atoms with van der Waals surface area (Å²) in [7, 11) is 0. The van der Waals surface area contributed by atoms with Gasteiger partial charge in [-0.1, -0.05) is 33.6 Å². The Bertz CT molecular complexity index is 599. The molecule has 0 N–H and O–H groups in total. The van der Waals surface area contributed by atoms with E-state index in [1.165, 1.54) is 19.3 Å². The Morgan fingerprint density at radius 2 is 1.81 bits per heavy atom. The van der Waals surface area contributed by atoms with Gasteiger partial charge >= 0.3 is 0 Å². The molecule has 6 heteroatoms. The molecule has 0 aromatic carbocycles. The molecule has 0 radical (unpaired) electrons. The Morgan fingerprint density at radius 1 is 1.08 bits per heavy atom. The van der Waals surface area contributed by atoms with Gasteiger partial charge in [0.15, 0.2) is 0 Å². The van der Waals surface area contributed by atoms with Crippen molar-refractivity contribution in [2.75, 3.05) is 19.6 Å². The van der Waals surface area contributed by atoms with Crippen molar-refractivity contribution >= 4 is 5.91 Å². The number of piperidine rings is 1. The molecule has 2 aliphatic heterocycles. The van der Waals surface area contributed by atoms with Gasteiger partial charge in [0.1, 0.15) is 0 Å². The van der Waals surface area contributed by atoms with Gasteiger partial charge in [-0.25, -0.2) is 0 Å². The minimum absolute atomic E-state index is 0.103. The van der Waals surface area contributed by atoms with Crippen LogP contribution < -0.4 is 0 Å². The van der Waals surface area contributed by atoms with E-state index in [0.29, 0.717) is 23.7 Å².